The molecule has 1 aliphatic rings. The van der Waals surface area contributed by atoms with Gasteiger partial charge in [-0.05, 0) is 37.0 Å². The Labute approximate surface area is 126 Å². The molecule has 0 aliphatic carbocycles. The molecule has 1 atom stereocenters. The van der Waals surface area contributed by atoms with Crippen molar-refractivity contribution in [3.8, 4) is 11.8 Å². The molecule has 2 rings (SSSR count). The van der Waals surface area contributed by atoms with E-state index in [9.17, 15) is 4.79 Å². The van der Waals surface area contributed by atoms with Crippen molar-refractivity contribution in [3.05, 3.63) is 35.4 Å². The molecule has 1 unspecified atom stereocenters. The molecule has 0 bridgehead atoms. The van der Waals surface area contributed by atoms with Gasteiger partial charge in [-0.2, -0.15) is 0 Å². The van der Waals surface area contributed by atoms with Gasteiger partial charge in [-0.1, -0.05) is 17.9 Å². The Balaban J connectivity index is 2.01. The quantitative estimate of drug-likeness (QED) is 0.857. The highest BCUT2D eigenvalue weighted by Gasteiger charge is 2.19. The lowest BCUT2D eigenvalue weighted by molar-refractivity contribution is 0.0388. The van der Waals surface area contributed by atoms with E-state index >= 15 is 0 Å². The number of ether oxygens (including phenoxy) is 1. The number of amides is 1. The number of hydrogen-bond acceptors (Lipinski definition) is 3. The monoisotopic (exact) mass is 286 g/mol. The van der Waals surface area contributed by atoms with E-state index in [0.29, 0.717) is 18.0 Å². The van der Waals surface area contributed by atoms with Crippen LogP contribution in [0, 0.1) is 17.8 Å². The van der Waals surface area contributed by atoms with E-state index in [1.54, 1.807) is 4.90 Å². The number of benzene rings is 1. The van der Waals surface area contributed by atoms with Crippen LogP contribution in [-0.4, -0.2) is 44.2 Å². The fourth-order valence-electron chi connectivity index (χ4n) is 2.53. The second-order valence-corrected chi connectivity index (χ2v) is 5.36. The van der Waals surface area contributed by atoms with Crippen molar-refractivity contribution in [1.29, 1.82) is 0 Å². The summed E-state index contributed by atoms with van der Waals surface area (Å²) in [6.07, 6.45) is 2.20. The third-order valence-electron chi connectivity index (χ3n) is 3.58. The van der Waals surface area contributed by atoms with Gasteiger partial charge in [0, 0.05) is 31.3 Å². The molecular weight excluding hydrogens is 264 g/mol. The molecule has 4 heteroatoms. The lowest BCUT2D eigenvalue weighted by Gasteiger charge is -2.27. The number of nitrogens with two attached hydrogens (primary N) is 1. The highest BCUT2D eigenvalue weighted by Crippen LogP contribution is 2.16. The Hall–Kier alpha value is -1.83. The van der Waals surface area contributed by atoms with Crippen molar-refractivity contribution >= 4 is 5.91 Å². The Kier molecular flexibility index (Phi) is 5.79. The summed E-state index contributed by atoms with van der Waals surface area (Å²) < 4.78 is 5.46. The van der Waals surface area contributed by atoms with E-state index in [-0.39, 0.29) is 5.91 Å². The highest BCUT2D eigenvalue weighted by molar-refractivity contribution is 5.94. The summed E-state index contributed by atoms with van der Waals surface area (Å²) in [4.78, 5) is 14.2. The summed E-state index contributed by atoms with van der Waals surface area (Å²) in [5, 5.41) is 0. The summed E-state index contributed by atoms with van der Waals surface area (Å²) in [6.45, 7) is 2.65. The summed E-state index contributed by atoms with van der Waals surface area (Å²) in [5.41, 5.74) is 6.85. The molecule has 112 valence electrons. The van der Waals surface area contributed by atoms with Crippen LogP contribution in [-0.2, 0) is 4.74 Å². The third-order valence-corrected chi connectivity index (χ3v) is 3.58. The largest absolute Gasteiger partial charge is 0.381 e. The maximum atomic E-state index is 12.5. The van der Waals surface area contributed by atoms with Gasteiger partial charge in [0.15, 0.2) is 0 Å². The standard InChI is InChI=1S/C17H22N2O2/c1-19(12-15-7-4-10-21-13-15)17(20)16-8-2-5-14(11-16)6-3-9-18/h2,5,8,11,15H,4,7,9-10,12-13,18H2,1H3. The summed E-state index contributed by atoms with van der Waals surface area (Å²) in [7, 11) is 1.84. The number of carbonyl (C=O) groups excluding carboxylic acids is 1. The van der Waals surface area contributed by atoms with Gasteiger partial charge in [0.2, 0.25) is 0 Å². The van der Waals surface area contributed by atoms with E-state index in [1.165, 1.54) is 0 Å². The molecule has 4 nitrogen and oxygen atoms in total. The molecule has 2 N–H and O–H groups in total. The Bertz CT molecular complexity index is 539. The third kappa shape index (κ3) is 4.59. The zero-order chi connectivity index (χ0) is 15.1. The van der Waals surface area contributed by atoms with Gasteiger partial charge in [0.25, 0.3) is 5.91 Å². The SMILES string of the molecule is CN(CC1CCCOC1)C(=O)c1cccc(C#CCN)c1. The normalized spacial score (nSPS) is 17.7. The molecule has 0 spiro atoms. The van der Waals surface area contributed by atoms with Crippen LogP contribution < -0.4 is 5.73 Å². The molecular formula is C17H22N2O2. The molecule has 1 aliphatic heterocycles. The molecule has 1 heterocycles. The van der Waals surface area contributed by atoms with E-state index in [0.717, 1.165) is 38.2 Å². The van der Waals surface area contributed by atoms with Gasteiger partial charge in [-0.25, -0.2) is 0 Å². The number of nitrogens with zero attached hydrogens (tertiary/aromatic N) is 1. The van der Waals surface area contributed by atoms with Gasteiger partial charge >= 0.3 is 0 Å². The predicted octanol–water partition coefficient (Wildman–Crippen LogP) is 1.50. The molecule has 1 amide bonds. The van der Waals surface area contributed by atoms with Crippen LogP contribution in [0.15, 0.2) is 24.3 Å². The van der Waals surface area contributed by atoms with E-state index < -0.39 is 0 Å². The van der Waals surface area contributed by atoms with Gasteiger partial charge in [-0.3, -0.25) is 4.79 Å². The van der Waals surface area contributed by atoms with Crippen LogP contribution in [0.25, 0.3) is 0 Å². The number of rotatable bonds is 3. The highest BCUT2D eigenvalue weighted by atomic mass is 16.5. The molecule has 1 aromatic rings. The van der Waals surface area contributed by atoms with Crippen LogP contribution >= 0.6 is 0 Å². The first kappa shape index (κ1) is 15.6. The smallest absolute Gasteiger partial charge is 0.253 e. The molecule has 1 fully saturated rings. The van der Waals surface area contributed by atoms with Gasteiger partial charge in [-0.15, -0.1) is 0 Å². The Morgan fingerprint density at radius 1 is 1.52 bits per heavy atom. The van der Waals surface area contributed by atoms with Crippen LogP contribution in [0.4, 0.5) is 0 Å². The van der Waals surface area contributed by atoms with Crippen molar-refractivity contribution in [2.24, 2.45) is 11.7 Å². The van der Waals surface area contributed by atoms with Crippen LogP contribution in [0.2, 0.25) is 0 Å². The topological polar surface area (TPSA) is 55.6 Å². The van der Waals surface area contributed by atoms with Gasteiger partial charge in [0.1, 0.15) is 0 Å². The fraction of sp³-hybridized carbons (Fsp3) is 0.471. The van der Waals surface area contributed by atoms with E-state index in [2.05, 4.69) is 11.8 Å². The fourth-order valence-corrected chi connectivity index (χ4v) is 2.53. The molecule has 0 radical (unpaired) electrons. The molecule has 1 aromatic carbocycles. The summed E-state index contributed by atoms with van der Waals surface area (Å²) in [5.74, 6) is 6.22. The molecule has 0 saturated carbocycles. The Morgan fingerprint density at radius 3 is 3.10 bits per heavy atom. The minimum Gasteiger partial charge on any atom is -0.381 e. The Morgan fingerprint density at radius 2 is 2.38 bits per heavy atom. The first-order chi connectivity index (χ1) is 10.2. The van der Waals surface area contributed by atoms with Gasteiger partial charge in [0.05, 0.1) is 13.2 Å². The predicted molar refractivity (Wildman–Crippen MR) is 82.9 cm³/mol. The number of hydrogen-bond donors (Lipinski definition) is 1. The van der Waals surface area contributed by atoms with Crippen LogP contribution in [0.5, 0.6) is 0 Å². The zero-order valence-corrected chi connectivity index (χ0v) is 12.5. The van der Waals surface area contributed by atoms with E-state index in [1.807, 2.05) is 31.3 Å². The molecule has 1 saturated heterocycles. The lowest BCUT2D eigenvalue weighted by atomic mass is 10.0. The molecule has 0 aromatic heterocycles. The van der Waals surface area contributed by atoms with Crippen LogP contribution in [0.3, 0.4) is 0 Å². The average molecular weight is 286 g/mol. The first-order valence-corrected chi connectivity index (χ1v) is 7.33. The first-order valence-electron chi connectivity index (χ1n) is 7.33. The van der Waals surface area contributed by atoms with Crippen molar-refractivity contribution in [2.75, 3.05) is 33.4 Å². The maximum Gasteiger partial charge on any atom is 0.253 e. The lowest BCUT2D eigenvalue weighted by Crippen LogP contribution is -2.35. The summed E-state index contributed by atoms with van der Waals surface area (Å²) in [6, 6.07) is 7.38. The van der Waals surface area contributed by atoms with E-state index in [4.69, 9.17) is 10.5 Å². The minimum atomic E-state index is 0.0250. The van der Waals surface area contributed by atoms with Crippen molar-refractivity contribution < 1.29 is 9.53 Å². The van der Waals surface area contributed by atoms with Crippen LogP contribution in [0.1, 0.15) is 28.8 Å². The number of carbonyl (C=O) groups is 1. The van der Waals surface area contributed by atoms with Crippen molar-refractivity contribution in [1.82, 2.24) is 4.90 Å². The maximum absolute atomic E-state index is 12.5. The molecule has 21 heavy (non-hydrogen) atoms. The van der Waals surface area contributed by atoms with Crippen molar-refractivity contribution in [2.45, 2.75) is 12.8 Å². The summed E-state index contributed by atoms with van der Waals surface area (Å²) >= 11 is 0. The minimum absolute atomic E-state index is 0.0250. The second kappa shape index (κ2) is 7.82. The van der Waals surface area contributed by atoms with Crippen molar-refractivity contribution in [3.63, 3.8) is 0 Å². The zero-order valence-electron chi connectivity index (χ0n) is 12.5. The second-order valence-electron chi connectivity index (χ2n) is 5.36. The average Bonchev–Trinajstić information content (AvgIpc) is 2.53. The van der Waals surface area contributed by atoms with Gasteiger partial charge < -0.3 is 15.4 Å².